The largest absolute Gasteiger partial charge is 0.310 e. The zero-order valence-electron chi connectivity index (χ0n) is 31.0. The van der Waals surface area contributed by atoms with Crippen molar-refractivity contribution in [2.24, 2.45) is 17.8 Å². The molecule has 6 aromatic rings. The second-order valence-electron chi connectivity index (χ2n) is 17.0. The summed E-state index contributed by atoms with van der Waals surface area (Å²) in [6.07, 6.45) is 13.2. The minimum Gasteiger partial charge on any atom is -0.310 e. The van der Waals surface area contributed by atoms with Gasteiger partial charge in [-0.3, -0.25) is 0 Å². The van der Waals surface area contributed by atoms with Crippen LogP contribution < -0.4 is 4.90 Å². The zero-order chi connectivity index (χ0) is 35.1. The molecule has 0 heterocycles. The topological polar surface area (TPSA) is 3.24 Å². The van der Waals surface area contributed by atoms with Crippen molar-refractivity contribution in [3.05, 3.63) is 162 Å². The molecule has 5 aliphatic carbocycles. The highest BCUT2D eigenvalue weighted by Gasteiger charge is 2.57. The molecule has 5 aliphatic rings. The van der Waals surface area contributed by atoms with Gasteiger partial charge >= 0.3 is 0 Å². The van der Waals surface area contributed by atoms with E-state index >= 15 is 0 Å². The van der Waals surface area contributed by atoms with Crippen molar-refractivity contribution in [3.63, 3.8) is 0 Å². The predicted octanol–water partition coefficient (Wildman–Crippen LogP) is 14.2. The van der Waals surface area contributed by atoms with Crippen LogP contribution in [0.5, 0.6) is 0 Å². The summed E-state index contributed by atoms with van der Waals surface area (Å²) in [5.41, 5.74) is 18.7. The first-order valence-corrected chi connectivity index (χ1v) is 20.6. The summed E-state index contributed by atoms with van der Waals surface area (Å²) < 4.78 is 0. The van der Waals surface area contributed by atoms with Crippen LogP contribution in [0.4, 0.5) is 17.1 Å². The second-order valence-corrected chi connectivity index (χ2v) is 17.0. The Morgan fingerprint density at radius 2 is 1.06 bits per heavy atom. The number of hydrogen-bond donors (Lipinski definition) is 0. The predicted molar refractivity (Wildman–Crippen MR) is 221 cm³/mol. The summed E-state index contributed by atoms with van der Waals surface area (Å²) in [6, 6.07) is 54.0. The first-order valence-electron chi connectivity index (χ1n) is 20.6. The third-order valence-corrected chi connectivity index (χ3v) is 14.8. The van der Waals surface area contributed by atoms with Gasteiger partial charge in [0.1, 0.15) is 0 Å². The number of hydrogen-bond acceptors (Lipinski definition) is 1. The van der Waals surface area contributed by atoms with Gasteiger partial charge in [0, 0.05) is 27.9 Å². The number of benzene rings is 6. The van der Waals surface area contributed by atoms with Crippen molar-refractivity contribution >= 4 is 17.1 Å². The molecule has 6 aromatic carbocycles. The van der Waals surface area contributed by atoms with Gasteiger partial charge in [0.15, 0.2) is 0 Å². The number of fused-ring (bicyclic) bond motifs is 8. The third-order valence-electron chi connectivity index (χ3n) is 14.8. The summed E-state index contributed by atoms with van der Waals surface area (Å²) in [5, 5.41) is 0. The fourth-order valence-electron chi connectivity index (χ4n) is 12.6. The van der Waals surface area contributed by atoms with E-state index in [0.717, 1.165) is 5.92 Å². The molecule has 0 radical (unpaired) electrons. The van der Waals surface area contributed by atoms with E-state index < -0.39 is 0 Å². The van der Waals surface area contributed by atoms with E-state index in [1.807, 2.05) is 0 Å². The monoisotopic (exact) mass is 687 g/mol. The Balaban J connectivity index is 1.13. The highest BCUT2D eigenvalue weighted by molar-refractivity contribution is 5.89. The average molecular weight is 688 g/mol. The van der Waals surface area contributed by atoms with Gasteiger partial charge in [-0.25, -0.2) is 0 Å². The summed E-state index contributed by atoms with van der Waals surface area (Å²) >= 11 is 0. The molecular weight excluding hydrogens is 639 g/mol. The van der Waals surface area contributed by atoms with Gasteiger partial charge in [0.05, 0.1) is 0 Å². The number of rotatable bonds is 5. The van der Waals surface area contributed by atoms with Crippen LogP contribution in [0.1, 0.15) is 93.4 Å². The molecule has 0 N–H and O–H groups in total. The molecule has 11 rings (SSSR count). The van der Waals surface area contributed by atoms with Crippen LogP contribution in [-0.2, 0) is 10.8 Å². The van der Waals surface area contributed by atoms with Crippen LogP contribution in [0.2, 0.25) is 0 Å². The summed E-state index contributed by atoms with van der Waals surface area (Å²) in [5.74, 6) is 2.26. The molecule has 1 heteroatoms. The van der Waals surface area contributed by atoms with E-state index in [0.29, 0.717) is 11.8 Å². The minimum atomic E-state index is 0.108. The minimum absolute atomic E-state index is 0.108. The van der Waals surface area contributed by atoms with E-state index in [2.05, 4.69) is 151 Å². The van der Waals surface area contributed by atoms with Crippen LogP contribution in [-0.4, -0.2) is 0 Å². The lowest BCUT2D eigenvalue weighted by atomic mass is 9.49. The zero-order valence-corrected chi connectivity index (χ0v) is 31.0. The smallest absolute Gasteiger partial charge is 0.0467 e. The molecular formula is C52H49N. The van der Waals surface area contributed by atoms with Gasteiger partial charge in [0.25, 0.3) is 0 Å². The van der Waals surface area contributed by atoms with Crippen LogP contribution in [0.3, 0.4) is 0 Å². The van der Waals surface area contributed by atoms with Crippen molar-refractivity contribution in [3.8, 4) is 33.4 Å². The van der Waals surface area contributed by atoms with Gasteiger partial charge in [-0.1, -0.05) is 136 Å². The Labute approximate surface area is 315 Å². The highest BCUT2D eigenvalue weighted by Crippen LogP contribution is 2.66. The average Bonchev–Trinajstić information content (AvgIpc) is 3.89. The quantitative estimate of drug-likeness (QED) is 0.174. The summed E-state index contributed by atoms with van der Waals surface area (Å²) in [6.45, 7) is 2.43. The van der Waals surface area contributed by atoms with Crippen molar-refractivity contribution in [1.29, 1.82) is 0 Å². The lowest BCUT2D eigenvalue weighted by Gasteiger charge is -2.55. The van der Waals surface area contributed by atoms with E-state index in [1.165, 1.54) is 120 Å². The summed E-state index contributed by atoms with van der Waals surface area (Å²) in [7, 11) is 0. The Morgan fingerprint density at radius 1 is 0.491 bits per heavy atom. The van der Waals surface area contributed by atoms with E-state index in [4.69, 9.17) is 0 Å². The fraction of sp³-hybridized carbons (Fsp3) is 0.308. The molecule has 2 spiro atoms. The molecule has 0 aromatic heterocycles. The SMILES string of the molecule is CCC1CC2CCCC(C1)C21c2ccccc2-c2ccc(N(c3cccc(-c4ccccc4)c3)c3ccc4c(c3)C3(CCCC3)c3ccccc3-4)cc21. The molecule has 0 amide bonds. The maximum atomic E-state index is 2.66. The molecule has 0 saturated heterocycles. The van der Waals surface area contributed by atoms with Crippen LogP contribution in [0, 0.1) is 17.8 Å². The Kier molecular flexibility index (Phi) is 7.20. The van der Waals surface area contributed by atoms with Gasteiger partial charge < -0.3 is 4.90 Å². The third kappa shape index (κ3) is 4.49. The van der Waals surface area contributed by atoms with Crippen LogP contribution in [0.15, 0.2) is 140 Å². The first-order chi connectivity index (χ1) is 26.2. The first kappa shape index (κ1) is 31.6. The van der Waals surface area contributed by atoms with Crippen molar-refractivity contribution in [1.82, 2.24) is 0 Å². The molecule has 262 valence electrons. The molecule has 0 aliphatic heterocycles. The number of nitrogens with zero attached hydrogens (tertiary/aromatic N) is 1. The van der Waals surface area contributed by atoms with E-state index in [9.17, 15) is 0 Å². The lowest BCUT2D eigenvalue weighted by molar-refractivity contribution is 0.0492. The van der Waals surface area contributed by atoms with Crippen LogP contribution in [0.25, 0.3) is 33.4 Å². The van der Waals surface area contributed by atoms with E-state index in [-0.39, 0.29) is 10.8 Å². The highest BCUT2D eigenvalue weighted by atomic mass is 15.1. The molecule has 2 atom stereocenters. The second kappa shape index (κ2) is 12.1. The maximum Gasteiger partial charge on any atom is 0.0467 e. The van der Waals surface area contributed by atoms with Crippen molar-refractivity contribution in [2.45, 2.75) is 82.0 Å². The lowest BCUT2D eigenvalue weighted by Crippen LogP contribution is -2.49. The molecule has 3 saturated carbocycles. The standard InChI is InChI=1S/C52H49N/c1-2-35-30-38-17-13-18-39(31-35)52(38)48-23-9-7-21-44(48)46-27-25-42(34-50(46)52)53(40-19-12-16-37(32-40)36-14-4-3-5-15-36)41-24-26-45-43-20-6-8-22-47(43)51(49(45)33-41)28-10-11-29-51/h3-9,12,14-16,19-27,32-35,38-39H,2,10-11,13,17-18,28-31H2,1H3. The van der Waals surface area contributed by atoms with Crippen molar-refractivity contribution < 1.29 is 0 Å². The molecule has 2 bridgehead atoms. The Hall–Kier alpha value is -4.88. The Bertz CT molecular complexity index is 2350. The molecule has 3 fully saturated rings. The van der Waals surface area contributed by atoms with E-state index in [1.54, 1.807) is 16.7 Å². The fourth-order valence-corrected chi connectivity index (χ4v) is 12.6. The normalized spacial score (nSPS) is 24.1. The van der Waals surface area contributed by atoms with Crippen molar-refractivity contribution in [2.75, 3.05) is 4.90 Å². The Morgan fingerprint density at radius 3 is 1.77 bits per heavy atom. The van der Waals surface area contributed by atoms with Gasteiger partial charge in [-0.2, -0.15) is 0 Å². The van der Waals surface area contributed by atoms with Gasteiger partial charge in [-0.05, 0) is 148 Å². The molecule has 2 unspecified atom stereocenters. The molecule has 53 heavy (non-hydrogen) atoms. The number of anilines is 3. The van der Waals surface area contributed by atoms with Crippen LogP contribution >= 0.6 is 0 Å². The molecule has 1 nitrogen and oxygen atoms in total. The summed E-state index contributed by atoms with van der Waals surface area (Å²) in [4.78, 5) is 2.60. The van der Waals surface area contributed by atoms with Gasteiger partial charge in [0.2, 0.25) is 0 Å². The van der Waals surface area contributed by atoms with Gasteiger partial charge in [-0.15, -0.1) is 0 Å². The maximum absolute atomic E-state index is 2.66.